The Labute approximate surface area is 95.1 Å². The molecule has 0 radical (unpaired) electrons. The van der Waals surface area contributed by atoms with E-state index in [2.05, 4.69) is 5.43 Å². The third-order valence-corrected chi connectivity index (χ3v) is 1.82. The SMILES string of the molecule is Cc1ccc(C(=O)N[NH2+]CCO)cc1.[Cl-]. The van der Waals surface area contributed by atoms with Gasteiger partial charge >= 0.3 is 0 Å². The number of aliphatic hydroxyl groups is 1. The van der Waals surface area contributed by atoms with E-state index in [1.54, 1.807) is 17.6 Å². The van der Waals surface area contributed by atoms with Crippen molar-refractivity contribution in [2.45, 2.75) is 6.92 Å². The fraction of sp³-hybridized carbons (Fsp3) is 0.300. The van der Waals surface area contributed by atoms with E-state index in [4.69, 9.17) is 5.11 Å². The summed E-state index contributed by atoms with van der Waals surface area (Å²) in [4.78, 5) is 11.4. The quantitative estimate of drug-likeness (QED) is 0.215. The molecule has 0 unspecified atom stereocenters. The monoisotopic (exact) mass is 230 g/mol. The van der Waals surface area contributed by atoms with Crippen LogP contribution < -0.4 is 23.3 Å². The van der Waals surface area contributed by atoms with Gasteiger partial charge in [-0.15, -0.1) is 0 Å². The number of carbonyl (C=O) groups excluding carboxylic acids is 1. The summed E-state index contributed by atoms with van der Waals surface area (Å²) in [6.45, 7) is 2.49. The van der Waals surface area contributed by atoms with Crippen molar-refractivity contribution in [3.63, 3.8) is 0 Å². The van der Waals surface area contributed by atoms with Crippen LogP contribution in [0.4, 0.5) is 0 Å². The normalized spacial score (nSPS) is 9.20. The topological polar surface area (TPSA) is 65.9 Å². The van der Waals surface area contributed by atoms with Gasteiger partial charge in [-0.25, -0.2) is 10.9 Å². The molecule has 0 saturated carbocycles. The molecule has 5 heteroatoms. The molecule has 0 aliphatic heterocycles. The van der Waals surface area contributed by atoms with Gasteiger partial charge in [0.05, 0.1) is 6.61 Å². The van der Waals surface area contributed by atoms with Gasteiger partial charge in [-0.05, 0) is 19.1 Å². The lowest BCUT2D eigenvalue weighted by Gasteiger charge is -2.02. The van der Waals surface area contributed by atoms with E-state index in [9.17, 15) is 4.79 Å². The zero-order valence-corrected chi connectivity index (χ0v) is 9.29. The fourth-order valence-corrected chi connectivity index (χ4v) is 1.02. The van der Waals surface area contributed by atoms with Crippen LogP contribution in [0, 0.1) is 6.92 Å². The maximum atomic E-state index is 11.4. The van der Waals surface area contributed by atoms with Gasteiger partial charge in [-0.2, -0.15) is 0 Å². The molecule has 1 amide bonds. The third-order valence-electron chi connectivity index (χ3n) is 1.82. The second-order valence-corrected chi connectivity index (χ2v) is 3.06. The molecule has 0 aromatic heterocycles. The Bertz CT molecular complexity index is 301. The molecule has 1 aromatic rings. The Hall–Kier alpha value is -1.10. The molecule has 1 aromatic carbocycles. The number of carbonyl (C=O) groups is 1. The van der Waals surface area contributed by atoms with Gasteiger partial charge in [-0.1, -0.05) is 17.7 Å². The van der Waals surface area contributed by atoms with Gasteiger partial charge in [0.2, 0.25) is 0 Å². The van der Waals surface area contributed by atoms with Crippen LogP contribution >= 0.6 is 0 Å². The predicted molar refractivity (Wildman–Crippen MR) is 52.5 cm³/mol. The van der Waals surface area contributed by atoms with Crippen molar-refractivity contribution >= 4 is 5.91 Å². The highest BCUT2D eigenvalue weighted by Gasteiger charge is 2.04. The summed E-state index contributed by atoms with van der Waals surface area (Å²) in [7, 11) is 0. The van der Waals surface area contributed by atoms with E-state index >= 15 is 0 Å². The molecule has 0 aliphatic rings. The van der Waals surface area contributed by atoms with Crippen LogP contribution in [0.25, 0.3) is 0 Å². The minimum absolute atomic E-state index is 0. The average molecular weight is 231 g/mol. The number of amides is 1. The van der Waals surface area contributed by atoms with E-state index in [0.29, 0.717) is 12.1 Å². The molecule has 0 atom stereocenters. The molecule has 0 spiro atoms. The number of nitrogens with two attached hydrogens (primary N) is 1. The molecule has 0 fully saturated rings. The average Bonchev–Trinajstić information content (AvgIpc) is 2.19. The van der Waals surface area contributed by atoms with E-state index in [1.165, 1.54) is 0 Å². The zero-order chi connectivity index (χ0) is 10.4. The first-order chi connectivity index (χ1) is 6.74. The zero-order valence-electron chi connectivity index (χ0n) is 8.53. The van der Waals surface area contributed by atoms with Crippen LogP contribution in [0.1, 0.15) is 15.9 Å². The smallest absolute Gasteiger partial charge is 0.295 e. The number of rotatable bonds is 4. The number of aryl methyl sites for hydroxylation is 1. The van der Waals surface area contributed by atoms with Crippen LogP contribution in [0.15, 0.2) is 24.3 Å². The second-order valence-electron chi connectivity index (χ2n) is 3.06. The number of hydrogen-bond donors (Lipinski definition) is 3. The molecule has 4 N–H and O–H groups in total. The van der Waals surface area contributed by atoms with Gasteiger partial charge < -0.3 is 17.5 Å². The minimum Gasteiger partial charge on any atom is -1.00 e. The third kappa shape index (κ3) is 4.78. The molecule has 4 nitrogen and oxygen atoms in total. The molecule has 15 heavy (non-hydrogen) atoms. The lowest BCUT2D eigenvalue weighted by atomic mass is 10.1. The van der Waals surface area contributed by atoms with Crippen molar-refractivity contribution in [3.05, 3.63) is 35.4 Å². The number of quaternary nitrogens is 1. The highest BCUT2D eigenvalue weighted by molar-refractivity contribution is 5.93. The van der Waals surface area contributed by atoms with Crippen LogP contribution in [0.3, 0.4) is 0 Å². The largest absolute Gasteiger partial charge is 1.00 e. The summed E-state index contributed by atoms with van der Waals surface area (Å²) in [5.41, 5.74) is 5.91. The Kier molecular flexibility index (Phi) is 6.70. The lowest BCUT2D eigenvalue weighted by Crippen LogP contribution is -3.00. The number of nitrogens with one attached hydrogen (secondary N) is 1. The van der Waals surface area contributed by atoms with Crippen molar-refractivity contribution < 1.29 is 27.7 Å². The fourth-order valence-electron chi connectivity index (χ4n) is 1.02. The van der Waals surface area contributed by atoms with Gasteiger partial charge in [0.1, 0.15) is 6.54 Å². The van der Waals surface area contributed by atoms with Crippen LogP contribution in [-0.4, -0.2) is 24.2 Å². The van der Waals surface area contributed by atoms with E-state index in [1.807, 2.05) is 19.1 Å². The standard InChI is InChI=1S/C10H14N2O2.ClH/c1-8-2-4-9(5-3-8)10(14)12-11-6-7-13;/h2-5,11,13H,6-7H2,1H3,(H,12,14);1H. The summed E-state index contributed by atoms with van der Waals surface area (Å²) in [5.74, 6) is -0.140. The summed E-state index contributed by atoms with van der Waals surface area (Å²) < 4.78 is 0. The maximum Gasteiger partial charge on any atom is 0.295 e. The van der Waals surface area contributed by atoms with Gasteiger partial charge in [0.15, 0.2) is 0 Å². The molecular formula is C10H15ClN2O2. The van der Waals surface area contributed by atoms with Gasteiger partial charge in [0, 0.05) is 5.56 Å². The Morgan fingerprint density at radius 1 is 1.40 bits per heavy atom. The summed E-state index contributed by atoms with van der Waals surface area (Å²) in [6.07, 6.45) is 0. The molecule has 84 valence electrons. The highest BCUT2D eigenvalue weighted by Crippen LogP contribution is 2.01. The molecule has 0 heterocycles. The molecule has 0 aliphatic carbocycles. The first kappa shape index (κ1) is 13.9. The molecule has 0 saturated heterocycles. The van der Waals surface area contributed by atoms with Crippen molar-refractivity contribution in [3.8, 4) is 0 Å². The lowest BCUT2D eigenvalue weighted by molar-refractivity contribution is -0.698. The van der Waals surface area contributed by atoms with Crippen LogP contribution in [0.2, 0.25) is 0 Å². The van der Waals surface area contributed by atoms with Crippen molar-refractivity contribution in [2.75, 3.05) is 13.2 Å². The number of hydrogen-bond acceptors (Lipinski definition) is 2. The second kappa shape index (κ2) is 7.23. The van der Waals surface area contributed by atoms with E-state index < -0.39 is 0 Å². The number of aliphatic hydroxyl groups excluding tert-OH is 1. The summed E-state index contributed by atoms with van der Waals surface area (Å²) in [6, 6.07) is 7.33. The first-order valence-corrected chi connectivity index (χ1v) is 4.54. The van der Waals surface area contributed by atoms with Crippen LogP contribution in [0.5, 0.6) is 0 Å². The van der Waals surface area contributed by atoms with E-state index in [0.717, 1.165) is 5.56 Å². The number of nitrogen functional groups attached to an aromatic ring is 1. The Morgan fingerprint density at radius 3 is 2.53 bits per heavy atom. The van der Waals surface area contributed by atoms with Crippen LogP contribution in [-0.2, 0) is 0 Å². The van der Waals surface area contributed by atoms with Gasteiger partial charge in [0.25, 0.3) is 5.91 Å². The Morgan fingerprint density at radius 2 is 2.00 bits per heavy atom. The van der Waals surface area contributed by atoms with Gasteiger partial charge in [-0.3, -0.25) is 4.79 Å². The maximum absolute atomic E-state index is 11.4. The predicted octanol–water partition coefficient (Wildman–Crippen LogP) is -3.80. The highest BCUT2D eigenvalue weighted by atomic mass is 35.5. The van der Waals surface area contributed by atoms with Crippen molar-refractivity contribution in [1.29, 1.82) is 0 Å². The first-order valence-electron chi connectivity index (χ1n) is 4.54. The van der Waals surface area contributed by atoms with E-state index in [-0.39, 0.29) is 24.9 Å². The summed E-state index contributed by atoms with van der Waals surface area (Å²) >= 11 is 0. The molecular weight excluding hydrogens is 216 g/mol. The van der Waals surface area contributed by atoms with Crippen molar-refractivity contribution in [1.82, 2.24) is 5.43 Å². The summed E-state index contributed by atoms with van der Waals surface area (Å²) in [5, 5.41) is 8.50. The van der Waals surface area contributed by atoms with Crippen molar-refractivity contribution in [2.24, 2.45) is 0 Å². The minimum atomic E-state index is -0.140. The number of halogens is 1. The number of benzene rings is 1. The molecule has 0 bridgehead atoms. The molecule has 1 rings (SSSR count). The Balaban J connectivity index is 0.00000196.